The number of fused-ring (bicyclic) bond motifs is 1. The van der Waals surface area contributed by atoms with Crippen molar-refractivity contribution in [3.63, 3.8) is 0 Å². The summed E-state index contributed by atoms with van der Waals surface area (Å²) in [5, 5.41) is 3.51. The summed E-state index contributed by atoms with van der Waals surface area (Å²) < 4.78 is 0. The number of hydrogen-bond acceptors (Lipinski definition) is 1. The first-order valence-electron chi connectivity index (χ1n) is 7.07. The molecule has 0 aromatic heterocycles. The molecule has 0 heterocycles. The molecule has 1 N–H and O–H groups in total. The number of rotatable bonds is 1. The quantitative estimate of drug-likeness (QED) is 0.694. The van der Waals surface area contributed by atoms with E-state index in [0.717, 1.165) is 17.9 Å². The van der Waals surface area contributed by atoms with E-state index < -0.39 is 0 Å². The Bertz CT molecular complexity index is 178. The van der Waals surface area contributed by atoms with Crippen molar-refractivity contribution in [1.82, 2.24) is 5.32 Å². The molecule has 2 aliphatic carbocycles. The van der Waals surface area contributed by atoms with Gasteiger partial charge in [-0.1, -0.05) is 51.4 Å². The highest BCUT2D eigenvalue weighted by Crippen LogP contribution is 2.37. The van der Waals surface area contributed by atoms with Gasteiger partial charge in [0.2, 0.25) is 0 Å². The molecule has 15 heavy (non-hydrogen) atoms. The molecule has 3 atom stereocenters. The molecule has 2 saturated carbocycles. The monoisotopic (exact) mass is 209 g/mol. The van der Waals surface area contributed by atoms with Crippen molar-refractivity contribution in [2.24, 2.45) is 11.8 Å². The summed E-state index contributed by atoms with van der Waals surface area (Å²) >= 11 is 0. The summed E-state index contributed by atoms with van der Waals surface area (Å²) in [6.45, 7) is 0. The van der Waals surface area contributed by atoms with Gasteiger partial charge in [0.1, 0.15) is 0 Å². The van der Waals surface area contributed by atoms with Crippen LogP contribution in [0.2, 0.25) is 0 Å². The van der Waals surface area contributed by atoms with Crippen LogP contribution in [0, 0.1) is 11.8 Å². The van der Waals surface area contributed by atoms with Crippen LogP contribution in [0.3, 0.4) is 0 Å². The Hall–Kier alpha value is -0.0400. The third-order valence-corrected chi connectivity index (χ3v) is 4.69. The van der Waals surface area contributed by atoms with E-state index >= 15 is 0 Å². The maximum absolute atomic E-state index is 3.51. The summed E-state index contributed by atoms with van der Waals surface area (Å²) in [5.74, 6) is 2.12. The first-order chi connectivity index (χ1) is 7.40. The molecule has 0 amide bonds. The summed E-state index contributed by atoms with van der Waals surface area (Å²) in [4.78, 5) is 0. The zero-order valence-electron chi connectivity index (χ0n) is 10.3. The predicted molar refractivity (Wildman–Crippen MR) is 66.0 cm³/mol. The average Bonchev–Trinajstić information content (AvgIpc) is 2.40. The zero-order chi connectivity index (χ0) is 10.5. The van der Waals surface area contributed by atoms with Gasteiger partial charge in [-0.15, -0.1) is 0 Å². The van der Waals surface area contributed by atoms with Crippen molar-refractivity contribution in [2.45, 2.75) is 70.3 Å². The SMILES string of the molecule is CNC1CCCC2CCCCCCC2C1. The molecule has 0 radical (unpaired) electrons. The fraction of sp³-hybridized carbons (Fsp3) is 1.00. The van der Waals surface area contributed by atoms with Gasteiger partial charge in [0.15, 0.2) is 0 Å². The maximum Gasteiger partial charge on any atom is 0.00668 e. The second kappa shape index (κ2) is 5.89. The molecule has 88 valence electrons. The molecule has 2 fully saturated rings. The van der Waals surface area contributed by atoms with Gasteiger partial charge in [-0.3, -0.25) is 0 Å². The Kier molecular flexibility index (Phi) is 4.49. The number of hydrogen-bond donors (Lipinski definition) is 1. The highest BCUT2D eigenvalue weighted by atomic mass is 14.9. The van der Waals surface area contributed by atoms with Crippen LogP contribution >= 0.6 is 0 Å². The lowest BCUT2D eigenvalue weighted by Crippen LogP contribution is -2.28. The highest BCUT2D eigenvalue weighted by molar-refractivity contribution is 4.81. The molecule has 0 aliphatic heterocycles. The van der Waals surface area contributed by atoms with Crippen molar-refractivity contribution >= 4 is 0 Å². The van der Waals surface area contributed by atoms with E-state index in [2.05, 4.69) is 12.4 Å². The summed E-state index contributed by atoms with van der Waals surface area (Å²) in [5.41, 5.74) is 0. The third kappa shape index (κ3) is 3.21. The fourth-order valence-electron chi connectivity index (χ4n) is 3.70. The predicted octanol–water partition coefficient (Wildman–Crippen LogP) is 3.74. The molecule has 2 rings (SSSR count). The Balaban J connectivity index is 1.94. The van der Waals surface area contributed by atoms with Gasteiger partial charge in [-0.05, 0) is 31.7 Å². The van der Waals surface area contributed by atoms with Crippen molar-refractivity contribution in [3.8, 4) is 0 Å². The van der Waals surface area contributed by atoms with Gasteiger partial charge in [0, 0.05) is 6.04 Å². The van der Waals surface area contributed by atoms with Crippen LogP contribution in [0.5, 0.6) is 0 Å². The third-order valence-electron chi connectivity index (χ3n) is 4.69. The molecule has 0 aromatic carbocycles. The van der Waals surface area contributed by atoms with Gasteiger partial charge < -0.3 is 5.32 Å². The van der Waals surface area contributed by atoms with Crippen molar-refractivity contribution in [2.75, 3.05) is 7.05 Å². The summed E-state index contributed by atoms with van der Waals surface area (Å²) in [6, 6.07) is 0.819. The lowest BCUT2D eigenvalue weighted by molar-refractivity contribution is 0.238. The van der Waals surface area contributed by atoms with E-state index in [4.69, 9.17) is 0 Å². The number of nitrogens with one attached hydrogen (secondary N) is 1. The second-order valence-electron chi connectivity index (χ2n) is 5.66. The molecule has 0 aromatic rings. The van der Waals surface area contributed by atoms with Crippen LogP contribution in [0.15, 0.2) is 0 Å². The molecule has 0 bridgehead atoms. The molecule has 3 unspecified atom stereocenters. The normalized spacial score (nSPS) is 38.6. The summed E-state index contributed by atoms with van der Waals surface area (Å²) in [7, 11) is 2.15. The first kappa shape index (κ1) is 11.4. The van der Waals surface area contributed by atoms with E-state index in [-0.39, 0.29) is 0 Å². The van der Waals surface area contributed by atoms with Gasteiger partial charge in [0.05, 0.1) is 0 Å². The first-order valence-corrected chi connectivity index (χ1v) is 7.07. The van der Waals surface area contributed by atoms with E-state index in [1.807, 2.05) is 0 Å². The highest BCUT2D eigenvalue weighted by Gasteiger charge is 2.27. The van der Waals surface area contributed by atoms with Gasteiger partial charge in [-0.25, -0.2) is 0 Å². The Morgan fingerprint density at radius 1 is 0.733 bits per heavy atom. The smallest absolute Gasteiger partial charge is 0.00668 e. The van der Waals surface area contributed by atoms with Crippen molar-refractivity contribution < 1.29 is 0 Å². The minimum Gasteiger partial charge on any atom is -0.317 e. The van der Waals surface area contributed by atoms with Crippen LogP contribution in [-0.2, 0) is 0 Å². The van der Waals surface area contributed by atoms with Crippen LogP contribution in [-0.4, -0.2) is 13.1 Å². The van der Waals surface area contributed by atoms with Gasteiger partial charge in [0.25, 0.3) is 0 Å². The topological polar surface area (TPSA) is 12.0 Å². The lowest BCUT2D eigenvalue weighted by atomic mass is 9.78. The van der Waals surface area contributed by atoms with Crippen molar-refractivity contribution in [1.29, 1.82) is 0 Å². The van der Waals surface area contributed by atoms with Crippen LogP contribution < -0.4 is 5.32 Å². The molecular formula is C14H27N. The largest absolute Gasteiger partial charge is 0.317 e. The zero-order valence-corrected chi connectivity index (χ0v) is 10.3. The van der Waals surface area contributed by atoms with Crippen molar-refractivity contribution in [3.05, 3.63) is 0 Å². The lowest BCUT2D eigenvalue weighted by Gasteiger charge is -2.28. The molecule has 0 saturated heterocycles. The van der Waals surface area contributed by atoms with E-state index in [1.165, 1.54) is 64.2 Å². The molecular weight excluding hydrogens is 182 g/mol. The Morgan fingerprint density at radius 3 is 2.13 bits per heavy atom. The minimum absolute atomic E-state index is 0.819. The molecule has 1 heteroatoms. The second-order valence-corrected chi connectivity index (χ2v) is 5.66. The van der Waals surface area contributed by atoms with Gasteiger partial charge >= 0.3 is 0 Å². The minimum atomic E-state index is 0.819. The van der Waals surface area contributed by atoms with Crippen LogP contribution in [0.1, 0.15) is 64.2 Å². The van der Waals surface area contributed by atoms with E-state index in [9.17, 15) is 0 Å². The molecule has 2 aliphatic rings. The molecule has 1 nitrogen and oxygen atoms in total. The van der Waals surface area contributed by atoms with Gasteiger partial charge in [-0.2, -0.15) is 0 Å². The standard InChI is InChI=1S/C14H27N/c1-15-14-10-6-9-12-7-4-2-3-5-8-13(12)11-14/h12-15H,2-11H2,1H3. The summed E-state index contributed by atoms with van der Waals surface area (Å²) in [6.07, 6.45) is 14.9. The van der Waals surface area contributed by atoms with E-state index in [0.29, 0.717) is 0 Å². The fourth-order valence-corrected chi connectivity index (χ4v) is 3.70. The van der Waals surface area contributed by atoms with Crippen LogP contribution in [0.25, 0.3) is 0 Å². The average molecular weight is 209 g/mol. The van der Waals surface area contributed by atoms with E-state index in [1.54, 1.807) is 0 Å². The molecule has 0 spiro atoms. The van der Waals surface area contributed by atoms with Crippen LogP contribution in [0.4, 0.5) is 0 Å². The Morgan fingerprint density at radius 2 is 1.40 bits per heavy atom. The maximum atomic E-state index is 3.51. The Labute approximate surface area is 95.0 Å².